The highest BCUT2D eigenvalue weighted by Gasteiger charge is 2.19. The van der Waals surface area contributed by atoms with Gasteiger partial charge in [-0.3, -0.25) is 9.59 Å². The van der Waals surface area contributed by atoms with Crippen molar-refractivity contribution in [2.75, 3.05) is 6.54 Å². The molecule has 0 aromatic carbocycles. The second-order valence-electron chi connectivity index (χ2n) is 14.4. The lowest BCUT2D eigenvalue weighted by Gasteiger charge is -2.18. The number of allylic oxidation sites excluding steroid dienone is 12. The van der Waals surface area contributed by atoms with Crippen molar-refractivity contribution < 1.29 is 24.2 Å². The number of carbonyl (C=O) groups excluding carboxylic acids is 2. The van der Waals surface area contributed by atoms with Crippen LogP contribution in [-0.2, 0) is 19.1 Å². The third-order valence-electron chi connectivity index (χ3n) is 9.26. The van der Waals surface area contributed by atoms with Gasteiger partial charge < -0.3 is 20.9 Å². The number of rotatable bonds is 38. The predicted molar refractivity (Wildman–Crippen MR) is 229 cm³/mol. The van der Waals surface area contributed by atoms with E-state index in [2.05, 4.69) is 92.1 Å². The van der Waals surface area contributed by atoms with E-state index in [0.29, 0.717) is 32.2 Å². The van der Waals surface area contributed by atoms with Gasteiger partial charge in [0.05, 0.1) is 0 Å². The van der Waals surface area contributed by atoms with Crippen LogP contribution < -0.4 is 11.1 Å². The Bertz CT molecular complexity index is 1070. The largest absolute Gasteiger partial charge is 0.480 e. The molecule has 54 heavy (non-hydrogen) atoms. The number of carboxylic acid groups (broad SMARTS) is 1. The first-order valence-corrected chi connectivity index (χ1v) is 21.8. The number of unbranched alkanes of at least 4 members (excludes halogenated alkanes) is 12. The maximum absolute atomic E-state index is 12.8. The van der Waals surface area contributed by atoms with E-state index in [4.69, 9.17) is 10.5 Å². The van der Waals surface area contributed by atoms with Crippen LogP contribution in [0.4, 0.5) is 0 Å². The van der Waals surface area contributed by atoms with Gasteiger partial charge in [0.15, 0.2) is 0 Å². The highest BCUT2D eigenvalue weighted by atomic mass is 16.5. The molecule has 4 N–H and O–H groups in total. The number of nitrogens with two attached hydrogens (primary N) is 1. The molecule has 0 spiro atoms. The molecule has 0 aliphatic heterocycles. The van der Waals surface area contributed by atoms with Gasteiger partial charge >= 0.3 is 11.9 Å². The van der Waals surface area contributed by atoms with Gasteiger partial charge in [0.25, 0.3) is 0 Å². The van der Waals surface area contributed by atoms with Crippen LogP contribution in [0.25, 0.3) is 0 Å². The van der Waals surface area contributed by atoms with Crippen LogP contribution in [0.3, 0.4) is 0 Å². The van der Waals surface area contributed by atoms with Crippen molar-refractivity contribution in [1.82, 2.24) is 5.32 Å². The maximum atomic E-state index is 12.8. The fourth-order valence-electron chi connectivity index (χ4n) is 6.02. The Labute approximate surface area is 331 Å². The van der Waals surface area contributed by atoms with Gasteiger partial charge in [-0.1, -0.05) is 138 Å². The van der Waals surface area contributed by atoms with Gasteiger partial charge in [-0.25, -0.2) is 4.79 Å². The van der Waals surface area contributed by atoms with Crippen LogP contribution in [0.5, 0.6) is 0 Å². The number of esters is 1. The number of hydrogen-bond acceptors (Lipinski definition) is 5. The van der Waals surface area contributed by atoms with Gasteiger partial charge in [-0.05, 0) is 116 Å². The van der Waals surface area contributed by atoms with Crippen LogP contribution in [0.1, 0.15) is 187 Å². The minimum Gasteiger partial charge on any atom is -0.480 e. The summed E-state index contributed by atoms with van der Waals surface area (Å²) in [6, 6.07) is -0.866. The number of carboxylic acids is 1. The molecular formula is C47H80N2O5. The Balaban J connectivity index is 4.46. The average molecular weight is 753 g/mol. The molecule has 308 valence electrons. The Kier molecular flexibility index (Phi) is 38.6. The first kappa shape index (κ1) is 50.8. The maximum Gasteiger partial charge on any atom is 0.326 e. The summed E-state index contributed by atoms with van der Waals surface area (Å²) in [6.07, 6.45) is 52.3. The topological polar surface area (TPSA) is 119 Å². The van der Waals surface area contributed by atoms with Crippen molar-refractivity contribution in [3.8, 4) is 0 Å². The van der Waals surface area contributed by atoms with Crippen molar-refractivity contribution in [2.45, 2.75) is 199 Å². The SMILES string of the molecule is CC/C=C\C/C=C\C/C=C\C/C=C\C/C=C\CCCC(=O)OC(CCC/C=C\CCCCCCCC)CCCCCCCC(=O)NC(CCCN)C(=O)O. The van der Waals surface area contributed by atoms with Gasteiger partial charge in [0.1, 0.15) is 12.1 Å². The molecule has 7 heteroatoms. The van der Waals surface area contributed by atoms with Crippen LogP contribution in [-0.4, -0.2) is 41.6 Å². The van der Waals surface area contributed by atoms with Crippen LogP contribution in [0.2, 0.25) is 0 Å². The van der Waals surface area contributed by atoms with Crippen LogP contribution >= 0.6 is 0 Å². The average Bonchev–Trinajstić information content (AvgIpc) is 3.16. The lowest BCUT2D eigenvalue weighted by molar-refractivity contribution is -0.150. The minimum absolute atomic E-state index is 0.0505. The molecule has 0 aromatic heterocycles. The zero-order valence-electron chi connectivity index (χ0n) is 34.5. The molecule has 2 unspecified atom stereocenters. The molecule has 0 saturated heterocycles. The third-order valence-corrected chi connectivity index (χ3v) is 9.26. The first-order valence-electron chi connectivity index (χ1n) is 21.8. The molecule has 0 saturated carbocycles. The number of hydrogen-bond donors (Lipinski definition) is 3. The lowest BCUT2D eigenvalue weighted by Crippen LogP contribution is -2.40. The van der Waals surface area contributed by atoms with E-state index >= 15 is 0 Å². The Morgan fingerprint density at radius 2 is 1.06 bits per heavy atom. The Morgan fingerprint density at radius 3 is 1.67 bits per heavy atom. The summed E-state index contributed by atoms with van der Waals surface area (Å²) >= 11 is 0. The quantitative estimate of drug-likeness (QED) is 0.0328. The zero-order valence-corrected chi connectivity index (χ0v) is 34.5. The highest BCUT2D eigenvalue weighted by Crippen LogP contribution is 2.17. The number of amides is 1. The summed E-state index contributed by atoms with van der Waals surface area (Å²) < 4.78 is 5.99. The van der Waals surface area contributed by atoms with E-state index in [0.717, 1.165) is 109 Å². The molecule has 1 amide bonds. The Morgan fingerprint density at radius 1 is 0.556 bits per heavy atom. The van der Waals surface area contributed by atoms with Crippen molar-refractivity contribution in [1.29, 1.82) is 0 Å². The molecule has 0 bridgehead atoms. The highest BCUT2D eigenvalue weighted by molar-refractivity contribution is 5.83. The summed E-state index contributed by atoms with van der Waals surface area (Å²) in [7, 11) is 0. The number of ether oxygens (including phenoxy) is 1. The van der Waals surface area contributed by atoms with E-state index in [1.807, 2.05) is 0 Å². The fraction of sp³-hybridized carbons (Fsp3) is 0.681. The molecule has 0 radical (unpaired) electrons. The van der Waals surface area contributed by atoms with Crippen molar-refractivity contribution in [3.63, 3.8) is 0 Å². The summed E-state index contributed by atoms with van der Waals surface area (Å²) in [5, 5.41) is 11.9. The van der Waals surface area contributed by atoms with Crippen molar-refractivity contribution in [2.24, 2.45) is 5.73 Å². The molecule has 0 heterocycles. The van der Waals surface area contributed by atoms with Gasteiger partial charge in [-0.15, -0.1) is 0 Å². The summed E-state index contributed by atoms with van der Waals surface area (Å²) in [4.78, 5) is 36.3. The second-order valence-corrected chi connectivity index (χ2v) is 14.4. The third kappa shape index (κ3) is 37.1. The summed E-state index contributed by atoms with van der Waals surface area (Å²) in [5.41, 5.74) is 5.48. The van der Waals surface area contributed by atoms with E-state index in [-0.39, 0.29) is 18.0 Å². The zero-order chi connectivity index (χ0) is 39.6. The first-order chi connectivity index (χ1) is 26.4. The standard InChI is InChI=1S/C47H80N2O5/c1-3-5-7-9-11-13-15-16-17-18-19-20-22-24-26-31-35-41-46(51)54-43(37-32-28-25-23-21-14-12-10-8-6-4-2)38-33-29-27-30-34-40-45(50)49-44(47(52)53)39-36-42-48/h5,7,11,13,16-17,19-20,23-26,43-44H,3-4,6,8-10,12,14-15,18,21-22,27-42,48H2,1-2H3,(H,49,50)(H,52,53)/b7-5-,13-11-,17-16-,20-19-,25-23-,26-24-. The van der Waals surface area contributed by atoms with Gasteiger partial charge in [-0.2, -0.15) is 0 Å². The Hall–Kier alpha value is -3.19. The molecule has 7 nitrogen and oxygen atoms in total. The van der Waals surface area contributed by atoms with Crippen LogP contribution in [0.15, 0.2) is 72.9 Å². The fourth-order valence-corrected chi connectivity index (χ4v) is 6.02. The van der Waals surface area contributed by atoms with Gasteiger partial charge in [0.2, 0.25) is 5.91 Å². The number of aliphatic carboxylic acids is 1. The number of carbonyl (C=O) groups is 3. The molecule has 0 rings (SSSR count). The van der Waals surface area contributed by atoms with Crippen molar-refractivity contribution in [3.05, 3.63) is 72.9 Å². The minimum atomic E-state index is -1.01. The molecule has 0 aliphatic rings. The summed E-state index contributed by atoms with van der Waals surface area (Å²) in [5.74, 6) is -1.32. The smallest absolute Gasteiger partial charge is 0.326 e. The second kappa shape index (κ2) is 41.0. The lowest BCUT2D eigenvalue weighted by atomic mass is 10.0. The molecule has 0 aromatic rings. The van der Waals surface area contributed by atoms with E-state index < -0.39 is 12.0 Å². The summed E-state index contributed by atoms with van der Waals surface area (Å²) in [6.45, 7) is 4.81. The molecule has 0 fully saturated rings. The van der Waals surface area contributed by atoms with E-state index in [9.17, 15) is 19.5 Å². The van der Waals surface area contributed by atoms with E-state index in [1.54, 1.807) is 0 Å². The van der Waals surface area contributed by atoms with Crippen molar-refractivity contribution >= 4 is 17.8 Å². The monoisotopic (exact) mass is 753 g/mol. The molecular weight excluding hydrogens is 673 g/mol. The van der Waals surface area contributed by atoms with Gasteiger partial charge in [0, 0.05) is 12.8 Å². The molecule has 2 atom stereocenters. The predicted octanol–water partition coefficient (Wildman–Crippen LogP) is 12.3. The molecule has 0 aliphatic carbocycles. The van der Waals surface area contributed by atoms with E-state index in [1.165, 1.54) is 38.5 Å². The normalized spacial score (nSPS) is 13.4. The van der Waals surface area contributed by atoms with Crippen LogP contribution in [0, 0.1) is 0 Å². The number of nitrogens with one attached hydrogen (secondary N) is 1.